The molecule has 3 rings (SSSR count). The smallest absolute Gasteiger partial charge is 0.245 e. The molecule has 0 bridgehead atoms. The summed E-state index contributed by atoms with van der Waals surface area (Å²) in [6, 6.07) is 1.93. The van der Waals surface area contributed by atoms with Gasteiger partial charge in [-0.25, -0.2) is 23.9 Å². The van der Waals surface area contributed by atoms with Gasteiger partial charge in [-0.1, -0.05) is 6.07 Å². The molecule has 0 saturated carbocycles. The van der Waals surface area contributed by atoms with Crippen molar-refractivity contribution in [1.82, 2.24) is 18.9 Å². The van der Waals surface area contributed by atoms with E-state index < -0.39 is 0 Å². The molecule has 6 nitrogen and oxygen atoms in total. The highest BCUT2D eigenvalue weighted by Crippen LogP contribution is 2.10. The molecule has 1 aliphatic rings. The van der Waals surface area contributed by atoms with E-state index in [1.165, 1.54) is 13.9 Å². The summed E-state index contributed by atoms with van der Waals surface area (Å²) in [6.07, 6.45) is 3.54. The first-order chi connectivity index (χ1) is 9.09. The number of fused-ring (bicyclic) bond motifs is 1. The number of aromatic nitrogens is 4. The fourth-order valence-electron chi connectivity index (χ4n) is 2.60. The highest BCUT2D eigenvalue weighted by atomic mass is 16.2. The standard InChI is InChI=1S/C13H16N4O2/c1-9-7-10(2)11(14-8-9)17-12(18)15-5-3-4-6-16(15)13(17)19/h7-8H,3-6H2,1-2H3. The lowest BCUT2D eigenvalue weighted by atomic mass is 10.2. The summed E-state index contributed by atoms with van der Waals surface area (Å²) >= 11 is 0. The Hall–Kier alpha value is -2.11. The third-order valence-corrected chi connectivity index (χ3v) is 3.50. The molecule has 0 spiro atoms. The molecule has 0 aromatic carbocycles. The van der Waals surface area contributed by atoms with Crippen LogP contribution in [0.4, 0.5) is 0 Å². The summed E-state index contributed by atoms with van der Waals surface area (Å²) in [5, 5.41) is 0. The monoisotopic (exact) mass is 260 g/mol. The second-order valence-electron chi connectivity index (χ2n) is 5.01. The number of aryl methyl sites for hydroxylation is 2. The second-order valence-corrected chi connectivity index (χ2v) is 5.01. The van der Waals surface area contributed by atoms with E-state index in [1.54, 1.807) is 6.20 Å². The number of nitrogens with zero attached hydrogens (tertiary/aromatic N) is 4. The summed E-state index contributed by atoms with van der Waals surface area (Å²) in [4.78, 5) is 28.9. The van der Waals surface area contributed by atoms with Gasteiger partial charge >= 0.3 is 11.4 Å². The van der Waals surface area contributed by atoms with Crippen molar-refractivity contribution in [2.45, 2.75) is 39.8 Å². The molecule has 1 aliphatic heterocycles. The van der Waals surface area contributed by atoms with Gasteiger partial charge in [-0.3, -0.25) is 0 Å². The van der Waals surface area contributed by atoms with Gasteiger partial charge in [-0.2, -0.15) is 4.57 Å². The zero-order chi connectivity index (χ0) is 13.6. The summed E-state index contributed by atoms with van der Waals surface area (Å²) in [5.74, 6) is 0.440. The summed E-state index contributed by atoms with van der Waals surface area (Å²) in [7, 11) is 0. The maximum atomic E-state index is 12.3. The summed E-state index contributed by atoms with van der Waals surface area (Å²) < 4.78 is 4.22. The lowest BCUT2D eigenvalue weighted by Gasteiger charge is -2.13. The molecular formula is C13H16N4O2. The molecular weight excluding hydrogens is 244 g/mol. The van der Waals surface area contributed by atoms with Gasteiger partial charge in [0.25, 0.3) is 0 Å². The lowest BCUT2D eigenvalue weighted by Crippen LogP contribution is -2.30. The minimum absolute atomic E-state index is 0.288. The van der Waals surface area contributed by atoms with Gasteiger partial charge < -0.3 is 0 Å². The highest BCUT2D eigenvalue weighted by molar-refractivity contribution is 5.34. The van der Waals surface area contributed by atoms with Crippen molar-refractivity contribution < 1.29 is 0 Å². The Morgan fingerprint density at radius 2 is 1.63 bits per heavy atom. The van der Waals surface area contributed by atoms with E-state index in [2.05, 4.69) is 4.98 Å². The highest BCUT2D eigenvalue weighted by Gasteiger charge is 2.21. The first-order valence-corrected chi connectivity index (χ1v) is 6.46. The van der Waals surface area contributed by atoms with Gasteiger partial charge in [-0.15, -0.1) is 0 Å². The molecule has 0 fully saturated rings. The van der Waals surface area contributed by atoms with Crippen LogP contribution in [0.3, 0.4) is 0 Å². The van der Waals surface area contributed by atoms with Crippen LogP contribution in [0, 0.1) is 13.8 Å². The van der Waals surface area contributed by atoms with Crippen molar-refractivity contribution in [3.05, 3.63) is 44.4 Å². The molecule has 0 radical (unpaired) electrons. The Labute approximate surface area is 109 Å². The van der Waals surface area contributed by atoms with Crippen molar-refractivity contribution in [1.29, 1.82) is 0 Å². The predicted octanol–water partition coefficient (Wildman–Crippen LogP) is 0.606. The molecule has 0 aliphatic carbocycles. The van der Waals surface area contributed by atoms with Crippen molar-refractivity contribution in [3.63, 3.8) is 0 Å². The van der Waals surface area contributed by atoms with Crippen LogP contribution in [0.25, 0.3) is 5.82 Å². The summed E-state index contributed by atoms with van der Waals surface area (Å²) in [5.41, 5.74) is 1.27. The van der Waals surface area contributed by atoms with Gasteiger partial charge in [0.1, 0.15) is 5.82 Å². The molecule has 100 valence electrons. The molecule has 3 heterocycles. The minimum Gasteiger partial charge on any atom is -0.245 e. The first-order valence-electron chi connectivity index (χ1n) is 6.46. The number of rotatable bonds is 1. The van der Waals surface area contributed by atoms with Crippen molar-refractivity contribution in [2.24, 2.45) is 0 Å². The van der Waals surface area contributed by atoms with Crippen LogP contribution in [0.5, 0.6) is 0 Å². The zero-order valence-electron chi connectivity index (χ0n) is 11.1. The number of hydrogen-bond acceptors (Lipinski definition) is 3. The Morgan fingerprint density at radius 3 is 2.16 bits per heavy atom. The topological polar surface area (TPSA) is 61.8 Å². The average Bonchev–Trinajstić information content (AvgIpc) is 2.64. The molecule has 2 aromatic rings. The molecule has 2 aromatic heterocycles. The van der Waals surface area contributed by atoms with Crippen LogP contribution in [0.1, 0.15) is 24.0 Å². The maximum absolute atomic E-state index is 12.3. The third kappa shape index (κ3) is 1.75. The van der Waals surface area contributed by atoms with E-state index >= 15 is 0 Å². The molecule has 0 unspecified atom stereocenters. The number of pyridine rings is 1. The molecule has 0 amide bonds. The Kier molecular flexibility index (Phi) is 2.66. The number of hydrogen-bond donors (Lipinski definition) is 0. The molecule has 0 saturated heterocycles. The van der Waals surface area contributed by atoms with Gasteiger partial charge in [0.05, 0.1) is 0 Å². The molecule has 19 heavy (non-hydrogen) atoms. The lowest BCUT2D eigenvalue weighted by molar-refractivity contribution is 0.348. The van der Waals surface area contributed by atoms with Gasteiger partial charge in [0.2, 0.25) is 0 Å². The Bertz CT molecular complexity index is 713. The molecule has 0 N–H and O–H groups in total. The van der Waals surface area contributed by atoms with E-state index in [0.29, 0.717) is 18.9 Å². The first kappa shape index (κ1) is 12.0. The summed E-state index contributed by atoms with van der Waals surface area (Å²) in [6.45, 7) is 5.00. The molecule has 0 atom stereocenters. The van der Waals surface area contributed by atoms with E-state index in [0.717, 1.165) is 24.0 Å². The fraction of sp³-hybridized carbons (Fsp3) is 0.462. The largest absolute Gasteiger partial charge is 0.353 e. The fourth-order valence-corrected chi connectivity index (χ4v) is 2.60. The second kappa shape index (κ2) is 4.22. The maximum Gasteiger partial charge on any atom is 0.353 e. The van der Waals surface area contributed by atoms with E-state index in [-0.39, 0.29) is 11.4 Å². The van der Waals surface area contributed by atoms with Crippen LogP contribution in [-0.2, 0) is 13.1 Å². The zero-order valence-corrected chi connectivity index (χ0v) is 11.1. The Morgan fingerprint density at radius 1 is 1.05 bits per heavy atom. The predicted molar refractivity (Wildman–Crippen MR) is 70.8 cm³/mol. The van der Waals surface area contributed by atoms with Gasteiger partial charge in [0, 0.05) is 19.3 Å². The van der Waals surface area contributed by atoms with Gasteiger partial charge in [-0.05, 0) is 37.8 Å². The van der Waals surface area contributed by atoms with Crippen molar-refractivity contribution in [3.8, 4) is 5.82 Å². The Balaban J connectivity index is 2.29. The van der Waals surface area contributed by atoms with Crippen LogP contribution < -0.4 is 11.4 Å². The molecule has 6 heteroatoms. The average molecular weight is 260 g/mol. The van der Waals surface area contributed by atoms with Crippen molar-refractivity contribution in [2.75, 3.05) is 0 Å². The normalized spacial score (nSPS) is 14.4. The van der Waals surface area contributed by atoms with Gasteiger partial charge in [0.15, 0.2) is 0 Å². The SMILES string of the molecule is Cc1cnc(-n2c(=O)n3n(c2=O)CCCC3)c(C)c1. The van der Waals surface area contributed by atoms with Crippen LogP contribution in [0.15, 0.2) is 21.9 Å². The van der Waals surface area contributed by atoms with Crippen molar-refractivity contribution >= 4 is 0 Å². The van der Waals surface area contributed by atoms with E-state index in [1.807, 2.05) is 19.9 Å². The van der Waals surface area contributed by atoms with Crippen LogP contribution in [0.2, 0.25) is 0 Å². The minimum atomic E-state index is -0.288. The van der Waals surface area contributed by atoms with Crippen LogP contribution in [-0.4, -0.2) is 18.9 Å². The van der Waals surface area contributed by atoms with E-state index in [4.69, 9.17) is 0 Å². The van der Waals surface area contributed by atoms with E-state index in [9.17, 15) is 9.59 Å². The van der Waals surface area contributed by atoms with Crippen LogP contribution >= 0.6 is 0 Å². The quantitative estimate of drug-likeness (QED) is 0.754. The third-order valence-electron chi connectivity index (χ3n) is 3.50.